The van der Waals surface area contributed by atoms with Crippen LogP contribution in [0.4, 0.5) is 0 Å². The lowest BCUT2D eigenvalue weighted by Crippen LogP contribution is -2.51. The van der Waals surface area contributed by atoms with Crippen molar-refractivity contribution < 1.29 is 14.6 Å². The van der Waals surface area contributed by atoms with Crippen LogP contribution in [0.15, 0.2) is 11.6 Å². The van der Waals surface area contributed by atoms with Gasteiger partial charge in [0.2, 0.25) is 0 Å². The maximum Gasteiger partial charge on any atom is 0.0704 e. The van der Waals surface area contributed by atoms with Gasteiger partial charge in [-0.15, -0.1) is 0 Å². The summed E-state index contributed by atoms with van der Waals surface area (Å²) in [5.74, 6) is 2.44. The average molecular weight is 349 g/mol. The number of methoxy groups -OCH3 is 1. The number of aliphatic hydroxyl groups excluding tert-OH is 1. The van der Waals surface area contributed by atoms with Crippen molar-refractivity contribution in [3.8, 4) is 0 Å². The van der Waals surface area contributed by atoms with Crippen LogP contribution in [0.3, 0.4) is 0 Å². The van der Waals surface area contributed by atoms with E-state index in [1.165, 1.54) is 38.5 Å². The zero-order valence-corrected chi connectivity index (χ0v) is 16.3. The third-order valence-corrected chi connectivity index (χ3v) is 8.60. The Balaban J connectivity index is 1.54. The molecule has 3 saturated carbocycles. The number of ether oxygens (including phenoxy) is 2. The molecule has 0 aromatic carbocycles. The van der Waals surface area contributed by atoms with Gasteiger partial charge in [-0.1, -0.05) is 25.5 Å². The zero-order chi connectivity index (χ0) is 17.7. The third-order valence-electron chi connectivity index (χ3n) is 8.60. The summed E-state index contributed by atoms with van der Waals surface area (Å²) in [5.41, 5.74) is 2.27. The molecule has 0 aliphatic heterocycles. The molecule has 0 saturated heterocycles. The summed E-state index contributed by atoms with van der Waals surface area (Å²) >= 11 is 0. The first kappa shape index (κ1) is 18.0. The number of rotatable bonds is 4. The Morgan fingerprint density at radius 2 is 1.92 bits per heavy atom. The number of allylic oxidation sites excluding steroid dienone is 1. The van der Waals surface area contributed by atoms with Crippen molar-refractivity contribution in [3.63, 3.8) is 0 Å². The number of fused-ring (bicyclic) bond motifs is 5. The van der Waals surface area contributed by atoms with Gasteiger partial charge >= 0.3 is 0 Å². The van der Waals surface area contributed by atoms with E-state index in [4.69, 9.17) is 9.47 Å². The lowest BCUT2D eigenvalue weighted by atomic mass is 9.48. The van der Waals surface area contributed by atoms with E-state index in [-0.39, 0.29) is 6.10 Å². The molecule has 3 nitrogen and oxygen atoms in total. The normalized spacial score (nSPS) is 49.1. The number of aliphatic hydroxyl groups is 1. The van der Waals surface area contributed by atoms with Gasteiger partial charge in [0.05, 0.1) is 25.4 Å². The molecule has 4 aliphatic carbocycles. The van der Waals surface area contributed by atoms with E-state index in [1.807, 2.05) is 0 Å². The highest BCUT2D eigenvalue weighted by Gasteiger charge is 2.58. The molecule has 0 aromatic rings. The highest BCUT2D eigenvalue weighted by molar-refractivity contribution is 5.25. The first-order chi connectivity index (χ1) is 12.0. The lowest BCUT2D eigenvalue weighted by molar-refractivity contribution is -0.0986. The second kappa shape index (κ2) is 6.65. The van der Waals surface area contributed by atoms with Crippen LogP contribution in [0, 0.1) is 28.6 Å². The topological polar surface area (TPSA) is 38.7 Å². The summed E-state index contributed by atoms with van der Waals surface area (Å²) in [6, 6.07) is 0. The van der Waals surface area contributed by atoms with E-state index in [9.17, 15) is 5.11 Å². The molecule has 25 heavy (non-hydrogen) atoms. The second-order valence-electron chi connectivity index (χ2n) is 9.63. The zero-order valence-electron chi connectivity index (χ0n) is 16.3. The van der Waals surface area contributed by atoms with Gasteiger partial charge in [0.15, 0.2) is 0 Å². The van der Waals surface area contributed by atoms with Gasteiger partial charge in [-0.2, -0.15) is 0 Å². The molecule has 4 rings (SSSR count). The van der Waals surface area contributed by atoms with Crippen molar-refractivity contribution in [1.29, 1.82) is 0 Å². The predicted octanol–water partition coefficient (Wildman–Crippen LogP) is 4.34. The first-order valence-corrected chi connectivity index (χ1v) is 10.5. The van der Waals surface area contributed by atoms with Crippen LogP contribution >= 0.6 is 0 Å². The molecule has 3 fully saturated rings. The van der Waals surface area contributed by atoms with Crippen molar-refractivity contribution in [3.05, 3.63) is 11.6 Å². The molecular formula is C22H36O3. The Morgan fingerprint density at radius 1 is 1.08 bits per heavy atom. The van der Waals surface area contributed by atoms with Crippen molar-refractivity contribution in [2.24, 2.45) is 28.6 Å². The van der Waals surface area contributed by atoms with Crippen molar-refractivity contribution in [2.75, 3.05) is 20.3 Å². The maximum atomic E-state index is 10.1. The molecule has 0 radical (unpaired) electrons. The van der Waals surface area contributed by atoms with Gasteiger partial charge in [-0.05, 0) is 80.0 Å². The molecule has 4 aliphatic rings. The van der Waals surface area contributed by atoms with E-state index in [2.05, 4.69) is 19.9 Å². The maximum absolute atomic E-state index is 10.1. The summed E-state index contributed by atoms with van der Waals surface area (Å²) in [5, 5.41) is 10.1. The molecule has 1 N–H and O–H groups in total. The Labute approximate surface area is 153 Å². The van der Waals surface area contributed by atoms with E-state index < -0.39 is 0 Å². The molecule has 0 amide bonds. The summed E-state index contributed by atoms with van der Waals surface area (Å²) in [7, 11) is 1.75. The number of hydrogen-bond acceptors (Lipinski definition) is 3. The van der Waals surface area contributed by atoms with Crippen LogP contribution in [0.5, 0.6) is 0 Å². The largest absolute Gasteiger partial charge is 0.393 e. The standard InChI is InChI=1S/C22H36O3/c1-21-10-8-16(23)14-15(21)4-5-17-18-6-7-20(25-13-12-24-3)22(18,2)11-9-19(17)21/h4,16-20,23H,5-14H2,1-3H3/t16-,17?,18?,19?,20-,21-,22-/m0/s1. The highest BCUT2D eigenvalue weighted by atomic mass is 16.5. The Morgan fingerprint density at radius 3 is 2.72 bits per heavy atom. The minimum Gasteiger partial charge on any atom is -0.393 e. The summed E-state index contributed by atoms with van der Waals surface area (Å²) in [6.07, 6.45) is 12.4. The SMILES string of the molecule is COCCO[C@H]1CCC2C3CC=C4C[C@@H](O)CC[C@]4(C)C3CC[C@@]21C. The van der Waals surface area contributed by atoms with E-state index >= 15 is 0 Å². The van der Waals surface area contributed by atoms with Crippen molar-refractivity contribution in [2.45, 2.75) is 77.4 Å². The smallest absolute Gasteiger partial charge is 0.0704 e. The van der Waals surface area contributed by atoms with E-state index in [0.29, 0.717) is 23.5 Å². The van der Waals surface area contributed by atoms with Gasteiger partial charge in [0.25, 0.3) is 0 Å². The highest BCUT2D eigenvalue weighted by Crippen LogP contribution is 2.65. The molecule has 0 bridgehead atoms. The summed E-state index contributed by atoms with van der Waals surface area (Å²) in [6.45, 7) is 6.45. The van der Waals surface area contributed by atoms with Gasteiger partial charge in [-0.3, -0.25) is 0 Å². The Hall–Kier alpha value is -0.380. The molecule has 3 unspecified atom stereocenters. The molecule has 3 heteroatoms. The van der Waals surface area contributed by atoms with Gasteiger partial charge < -0.3 is 14.6 Å². The van der Waals surface area contributed by atoms with Crippen molar-refractivity contribution >= 4 is 0 Å². The second-order valence-corrected chi connectivity index (χ2v) is 9.63. The third kappa shape index (κ3) is 2.82. The predicted molar refractivity (Wildman–Crippen MR) is 99.3 cm³/mol. The van der Waals surface area contributed by atoms with Crippen LogP contribution < -0.4 is 0 Å². The summed E-state index contributed by atoms with van der Waals surface area (Å²) in [4.78, 5) is 0. The van der Waals surface area contributed by atoms with Gasteiger partial charge in [0.1, 0.15) is 0 Å². The van der Waals surface area contributed by atoms with Crippen molar-refractivity contribution in [1.82, 2.24) is 0 Å². The Kier molecular flexibility index (Phi) is 4.79. The van der Waals surface area contributed by atoms with Crippen LogP contribution in [0.25, 0.3) is 0 Å². The summed E-state index contributed by atoms with van der Waals surface area (Å²) < 4.78 is 11.5. The molecule has 7 atom stereocenters. The van der Waals surface area contributed by atoms with Gasteiger partial charge in [-0.25, -0.2) is 0 Å². The van der Waals surface area contributed by atoms with E-state index in [0.717, 1.165) is 37.2 Å². The average Bonchev–Trinajstić information content (AvgIpc) is 2.92. The fourth-order valence-electron chi connectivity index (χ4n) is 7.14. The van der Waals surface area contributed by atoms with E-state index in [1.54, 1.807) is 12.7 Å². The molecule has 0 spiro atoms. The fraction of sp³-hybridized carbons (Fsp3) is 0.909. The molecular weight excluding hydrogens is 312 g/mol. The van der Waals surface area contributed by atoms with Crippen LogP contribution in [0.1, 0.15) is 65.2 Å². The molecule has 142 valence electrons. The number of hydrogen-bond donors (Lipinski definition) is 1. The quantitative estimate of drug-likeness (QED) is 0.607. The van der Waals surface area contributed by atoms with Crippen LogP contribution in [0.2, 0.25) is 0 Å². The minimum absolute atomic E-state index is 0.102. The molecule has 0 aromatic heterocycles. The van der Waals surface area contributed by atoms with Crippen LogP contribution in [-0.4, -0.2) is 37.6 Å². The molecule has 0 heterocycles. The minimum atomic E-state index is -0.102. The monoisotopic (exact) mass is 348 g/mol. The van der Waals surface area contributed by atoms with Crippen LogP contribution in [-0.2, 0) is 9.47 Å². The lowest BCUT2D eigenvalue weighted by Gasteiger charge is -2.57. The Bertz CT molecular complexity index is 529. The fourth-order valence-corrected chi connectivity index (χ4v) is 7.14. The first-order valence-electron chi connectivity index (χ1n) is 10.5. The van der Waals surface area contributed by atoms with Gasteiger partial charge in [0, 0.05) is 7.11 Å².